The SMILES string of the molecule is CC(C)CC(Cl)CNC(=O)c1ccc([N+](=O)[O-])s1. The quantitative estimate of drug-likeness (QED) is 0.497. The number of carbonyl (C=O) groups excluding carboxylic acids is 1. The number of rotatable bonds is 6. The number of nitrogens with one attached hydrogen (secondary N) is 1. The molecule has 0 aliphatic rings. The van der Waals surface area contributed by atoms with E-state index in [-0.39, 0.29) is 16.3 Å². The predicted octanol–water partition coefficient (Wildman–Crippen LogP) is 3.04. The van der Waals surface area contributed by atoms with Crippen LogP contribution in [0.5, 0.6) is 0 Å². The fourth-order valence-electron chi connectivity index (χ4n) is 1.43. The number of thiophene rings is 1. The molecule has 0 aromatic carbocycles. The number of halogens is 1. The molecule has 7 heteroatoms. The summed E-state index contributed by atoms with van der Waals surface area (Å²) < 4.78 is 0. The van der Waals surface area contributed by atoms with Gasteiger partial charge < -0.3 is 5.32 Å². The number of amides is 1. The highest BCUT2D eigenvalue weighted by Crippen LogP contribution is 2.23. The zero-order valence-electron chi connectivity index (χ0n) is 10.2. The Morgan fingerprint density at radius 2 is 2.22 bits per heavy atom. The Bertz CT molecular complexity index is 434. The van der Waals surface area contributed by atoms with Crippen molar-refractivity contribution in [1.29, 1.82) is 0 Å². The summed E-state index contributed by atoms with van der Waals surface area (Å²) in [4.78, 5) is 22.0. The first-order valence-electron chi connectivity index (χ1n) is 5.56. The fourth-order valence-corrected chi connectivity index (χ4v) is 2.60. The van der Waals surface area contributed by atoms with Gasteiger partial charge in [0.05, 0.1) is 15.2 Å². The van der Waals surface area contributed by atoms with E-state index in [0.29, 0.717) is 17.3 Å². The third-order valence-electron chi connectivity index (χ3n) is 2.21. The van der Waals surface area contributed by atoms with Crippen LogP contribution in [-0.2, 0) is 0 Å². The summed E-state index contributed by atoms with van der Waals surface area (Å²) in [5.41, 5.74) is 0. The van der Waals surface area contributed by atoms with Gasteiger partial charge in [-0.2, -0.15) is 0 Å². The van der Waals surface area contributed by atoms with E-state index in [4.69, 9.17) is 11.6 Å². The van der Waals surface area contributed by atoms with Crippen molar-refractivity contribution in [2.45, 2.75) is 25.6 Å². The molecule has 1 aromatic rings. The van der Waals surface area contributed by atoms with Crippen molar-refractivity contribution in [3.63, 3.8) is 0 Å². The fraction of sp³-hybridized carbons (Fsp3) is 0.545. The normalized spacial score (nSPS) is 12.4. The van der Waals surface area contributed by atoms with Crippen molar-refractivity contribution in [1.82, 2.24) is 5.32 Å². The topological polar surface area (TPSA) is 72.2 Å². The second kappa shape index (κ2) is 6.70. The Balaban J connectivity index is 2.47. The highest BCUT2D eigenvalue weighted by Gasteiger charge is 2.16. The lowest BCUT2D eigenvalue weighted by Gasteiger charge is -2.12. The number of hydrogen-bond donors (Lipinski definition) is 1. The smallest absolute Gasteiger partial charge is 0.324 e. The lowest BCUT2D eigenvalue weighted by molar-refractivity contribution is -0.380. The van der Waals surface area contributed by atoms with Crippen LogP contribution in [0.1, 0.15) is 29.9 Å². The number of alkyl halides is 1. The maximum atomic E-state index is 11.7. The van der Waals surface area contributed by atoms with Crippen molar-refractivity contribution in [2.24, 2.45) is 5.92 Å². The minimum Gasteiger partial charge on any atom is -0.350 e. The van der Waals surface area contributed by atoms with E-state index >= 15 is 0 Å². The van der Waals surface area contributed by atoms with Gasteiger partial charge in [-0.25, -0.2) is 0 Å². The molecule has 100 valence electrons. The first-order chi connectivity index (χ1) is 8.40. The average Bonchev–Trinajstić information content (AvgIpc) is 2.74. The molecule has 5 nitrogen and oxygen atoms in total. The molecule has 0 radical (unpaired) electrons. The summed E-state index contributed by atoms with van der Waals surface area (Å²) in [6.07, 6.45) is 0.812. The van der Waals surface area contributed by atoms with E-state index in [2.05, 4.69) is 19.2 Å². The zero-order valence-corrected chi connectivity index (χ0v) is 11.8. The summed E-state index contributed by atoms with van der Waals surface area (Å²) in [6.45, 7) is 4.48. The van der Waals surface area contributed by atoms with Crippen LogP contribution in [0.4, 0.5) is 5.00 Å². The van der Waals surface area contributed by atoms with Crippen molar-refractivity contribution >= 4 is 33.8 Å². The summed E-state index contributed by atoms with van der Waals surface area (Å²) in [5, 5.41) is 13.0. The van der Waals surface area contributed by atoms with E-state index in [1.807, 2.05) is 0 Å². The monoisotopic (exact) mass is 290 g/mol. The van der Waals surface area contributed by atoms with Crippen molar-refractivity contribution < 1.29 is 9.72 Å². The van der Waals surface area contributed by atoms with Gasteiger partial charge >= 0.3 is 5.00 Å². The van der Waals surface area contributed by atoms with E-state index in [1.54, 1.807) is 0 Å². The second-order valence-corrected chi connectivity index (χ2v) is 6.01. The van der Waals surface area contributed by atoms with Gasteiger partial charge in [-0.05, 0) is 18.4 Å². The van der Waals surface area contributed by atoms with Gasteiger partial charge in [-0.3, -0.25) is 14.9 Å². The Morgan fingerprint density at radius 3 is 2.72 bits per heavy atom. The van der Waals surface area contributed by atoms with E-state index < -0.39 is 4.92 Å². The van der Waals surface area contributed by atoms with Gasteiger partial charge in [0.25, 0.3) is 5.91 Å². The number of nitro groups is 1. The molecule has 0 saturated heterocycles. The van der Waals surface area contributed by atoms with E-state index in [0.717, 1.165) is 17.8 Å². The molecule has 18 heavy (non-hydrogen) atoms. The van der Waals surface area contributed by atoms with Crippen LogP contribution in [0.25, 0.3) is 0 Å². The maximum absolute atomic E-state index is 11.7. The van der Waals surface area contributed by atoms with Gasteiger partial charge in [0.2, 0.25) is 0 Å². The molecular weight excluding hydrogens is 276 g/mol. The summed E-state index contributed by atoms with van der Waals surface area (Å²) >= 11 is 6.90. The minimum atomic E-state index is -0.509. The highest BCUT2D eigenvalue weighted by molar-refractivity contribution is 7.17. The van der Waals surface area contributed by atoms with Crippen LogP contribution in [0, 0.1) is 16.0 Å². The highest BCUT2D eigenvalue weighted by atomic mass is 35.5. The Morgan fingerprint density at radius 1 is 1.56 bits per heavy atom. The maximum Gasteiger partial charge on any atom is 0.324 e. The molecule has 1 aromatic heterocycles. The first-order valence-corrected chi connectivity index (χ1v) is 6.82. The summed E-state index contributed by atoms with van der Waals surface area (Å²) in [5.74, 6) is 0.148. The van der Waals surface area contributed by atoms with Gasteiger partial charge in [0, 0.05) is 12.6 Å². The van der Waals surface area contributed by atoms with Crippen molar-refractivity contribution in [2.75, 3.05) is 6.54 Å². The molecule has 0 aliphatic carbocycles. The molecular formula is C11H15ClN2O3S. The van der Waals surface area contributed by atoms with E-state index in [9.17, 15) is 14.9 Å². The number of carbonyl (C=O) groups is 1. The van der Waals surface area contributed by atoms with Gasteiger partial charge in [-0.1, -0.05) is 25.2 Å². The lowest BCUT2D eigenvalue weighted by Crippen LogP contribution is -2.29. The number of hydrogen-bond acceptors (Lipinski definition) is 4. The molecule has 1 unspecified atom stereocenters. The molecule has 0 bridgehead atoms. The number of nitrogens with zero attached hydrogens (tertiary/aromatic N) is 1. The molecule has 1 atom stereocenters. The van der Waals surface area contributed by atoms with Crippen molar-refractivity contribution in [3.05, 3.63) is 27.1 Å². The van der Waals surface area contributed by atoms with E-state index in [1.165, 1.54) is 12.1 Å². The third kappa shape index (κ3) is 4.62. The molecule has 0 saturated carbocycles. The standard InChI is InChI=1S/C11H15ClN2O3S/c1-7(2)5-8(12)6-13-11(15)9-3-4-10(18-9)14(16)17/h3-4,7-8H,5-6H2,1-2H3,(H,13,15). The molecule has 0 fully saturated rings. The van der Waals surface area contributed by atoms with Gasteiger partial charge in [0.1, 0.15) is 0 Å². The first kappa shape index (κ1) is 14.9. The zero-order chi connectivity index (χ0) is 13.7. The van der Waals surface area contributed by atoms with Crippen molar-refractivity contribution in [3.8, 4) is 0 Å². The van der Waals surface area contributed by atoms with Crippen LogP contribution in [0.15, 0.2) is 12.1 Å². The van der Waals surface area contributed by atoms with Gasteiger partial charge in [0.15, 0.2) is 0 Å². The Kier molecular flexibility index (Phi) is 5.55. The molecule has 0 spiro atoms. The lowest BCUT2D eigenvalue weighted by atomic mass is 10.1. The van der Waals surface area contributed by atoms with Gasteiger partial charge in [-0.15, -0.1) is 11.6 Å². The second-order valence-electron chi connectivity index (χ2n) is 4.33. The molecule has 1 rings (SSSR count). The molecule has 1 heterocycles. The average molecular weight is 291 g/mol. The minimum absolute atomic E-state index is 0.0373. The molecule has 0 aliphatic heterocycles. The van der Waals surface area contributed by atoms with Crippen LogP contribution >= 0.6 is 22.9 Å². The van der Waals surface area contributed by atoms with Crippen LogP contribution in [0.2, 0.25) is 0 Å². The molecule has 1 amide bonds. The van der Waals surface area contributed by atoms with Crippen LogP contribution < -0.4 is 5.32 Å². The Hall–Kier alpha value is -1.14. The van der Waals surface area contributed by atoms with Crippen LogP contribution in [-0.4, -0.2) is 22.8 Å². The third-order valence-corrected chi connectivity index (χ3v) is 3.57. The largest absolute Gasteiger partial charge is 0.350 e. The molecule has 1 N–H and O–H groups in total. The summed E-state index contributed by atoms with van der Waals surface area (Å²) in [6, 6.07) is 2.77. The predicted molar refractivity (Wildman–Crippen MR) is 72.4 cm³/mol. The summed E-state index contributed by atoms with van der Waals surface area (Å²) in [7, 11) is 0. The van der Waals surface area contributed by atoms with Crippen LogP contribution in [0.3, 0.4) is 0 Å². The Labute approximate surface area is 114 Å².